The van der Waals surface area contributed by atoms with Crippen LogP contribution < -0.4 is 5.73 Å². The molecule has 7 heteroatoms. The van der Waals surface area contributed by atoms with Crippen molar-refractivity contribution in [3.05, 3.63) is 0 Å². The summed E-state index contributed by atoms with van der Waals surface area (Å²) in [6.45, 7) is 1.72. The van der Waals surface area contributed by atoms with Gasteiger partial charge in [-0.25, -0.2) is 0 Å². The van der Waals surface area contributed by atoms with Gasteiger partial charge < -0.3 is 10.6 Å². The summed E-state index contributed by atoms with van der Waals surface area (Å²) >= 11 is 0. The fourth-order valence-corrected chi connectivity index (χ4v) is 4.30. The van der Waals surface area contributed by atoms with Crippen molar-refractivity contribution in [2.45, 2.75) is 32.1 Å². The second-order valence-electron chi connectivity index (χ2n) is 6.21. The van der Waals surface area contributed by atoms with Crippen LogP contribution >= 0.6 is 0 Å². The molecule has 5 nitrogen and oxygen atoms in total. The minimum absolute atomic E-state index is 0.0477. The lowest BCUT2D eigenvalue weighted by molar-refractivity contribution is -0.128. The van der Waals surface area contributed by atoms with Crippen molar-refractivity contribution in [1.29, 1.82) is 0 Å². The van der Waals surface area contributed by atoms with E-state index in [4.69, 9.17) is 5.73 Å². The number of nitrogens with zero attached hydrogens (tertiary/aromatic N) is 1. The molecule has 1 aliphatic heterocycles. The molecule has 0 aromatic rings. The largest absolute Gasteiger partial charge is 0.342 e. The van der Waals surface area contributed by atoms with Crippen LogP contribution in [0, 0.1) is 17.8 Å². The van der Waals surface area contributed by atoms with Gasteiger partial charge in [-0.15, -0.1) is 3.89 Å². The molecule has 1 saturated heterocycles. The van der Waals surface area contributed by atoms with Crippen LogP contribution in [0.5, 0.6) is 0 Å². The molecule has 0 spiro atoms. The smallest absolute Gasteiger partial charge is 0.302 e. The second kappa shape index (κ2) is 6.39. The van der Waals surface area contributed by atoms with Crippen molar-refractivity contribution in [1.82, 2.24) is 4.90 Å². The molecule has 2 fully saturated rings. The van der Waals surface area contributed by atoms with Crippen molar-refractivity contribution in [3.8, 4) is 0 Å². The molecule has 0 aromatic carbocycles. The van der Waals surface area contributed by atoms with Crippen LogP contribution in [-0.2, 0) is 15.0 Å². The molecule has 0 radical (unpaired) electrons. The maximum atomic E-state index is 12.7. The molecule has 1 saturated carbocycles. The summed E-state index contributed by atoms with van der Waals surface area (Å²) in [5, 5.41) is 0. The van der Waals surface area contributed by atoms with E-state index in [0.29, 0.717) is 31.5 Å². The van der Waals surface area contributed by atoms with E-state index in [1.807, 2.05) is 0 Å². The first kappa shape index (κ1) is 15.7. The monoisotopic (exact) mass is 306 g/mol. The highest BCUT2D eigenvalue weighted by atomic mass is 32.3. The van der Waals surface area contributed by atoms with Gasteiger partial charge in [-0.3, -0.25) is 4.79 Å². The Morgan fingerprint density at radius 1 is 1.25 bits per heavy atom. The third-order valence-corrected chi connectivity index (χ3v) is 5.30. The first-order chi connectivity index (χ1) is 9.37. The summed E-state index contributed by atoms with van der Waals surface area (Å²) in [7, 11) is -4.50. The molecule has 2 rings (SSSR count). The number of nitrogens with two attached hydrogens (primary N) is 1. The number of amides is 1. The third kappa shape index (κ3) is 4.41. The van der Waals surface area contributed by atoms with Crippen molar-refractivity contribution in [2.75, 3.05) is 25.4 Å². The highest BCUT2D eigenvalue weighted by Gasteiger charge is 2.34. The molecule has 116 valence electrons. The maximum Gasteiger partial charge on any atom is 0.302 e. The Labute approximate surface area is 119 Å². The molecule has 0 bridgehead atoms. The lowest BCUT2D eigenvalue weighted by atomic mass is 9.81. The molecule has 2 N–H and O–H groups in total. The number of carbonyl (C=O) groups excluding carboxylic acids is 1. The van der Waals surface area contributed by atoms with Gasteiger partial charge in [0.25, 0.3) is 0 Å². The van der Waals surface area contributed by atoms with Gasteiger partial charge >= 0.3 is 10.2 Å². The summed E-state index contributed by atoms with van der Waals surface area (Å²) in [6.07, 6.45) is 4.56. The first-order valence-electron chi connectivity index (χ1n) is 7.27. The summed E-state index contributed by atoms with van der Waals surface area (Å²) in [6, 6.07) is 0. The highest BCUT2D eigenvalue weighted by molar-refractivity contribution is 7.86. The minimum Gasteiger partial charge on any atom is -0.342 e. The van der Waals surface area contributed by atoms with Crippen LogP contribution in [0.1, 0.15) is 32.1 Å². The van der Waals surface area contributed by atoms with Gasteiger partial charge in [-0.1, -0.05) is 6.42 Å². The van der Waals surface area contributed by atoms with Gasteiger partial charge in [-0.05, 0) is 37.6 Å². The van der Waals surface area contributed by atoms with Crippen LogP contribution in [-0.4, -0.2) is 44.6 Å². The lowest BCUT2D eigenvalue weighted by Gasteiger charge is -2.31. The zero-order valence-corrected chi connectivity index (χ0v) is 12.4. The summed E-state index contributed by atoms with van der Waals surface area (Å²) in [5.41, 5.74) is 5.70. The minimum atomic E-state index is -4.50. The standard InChI is InChI=1S/C13H23FN2O3S/c14-20(18,19)9-12-5-13(17)16(8-12)7-11-3-1-2-10(4-11)6-15/h10-12H,1-9,15H2/t10-,11+,12?/m1/s1. The summed E-state index contributed by atoms with van der Waals surface area (Å²) in [4.78, 5) is 13.6. The average Bonchev–Trinajstić information content (AvgIpc) is 2.67. The maximum absolute atomic E-state index is 12.7. The number of carbonyl (C=O) groups is 1. The van der Waals surface area contributed by atoms with E-state index in [2.05, 4.69) is 0 Å². The van der Waals surface area contributed by atoms with E-state index in [0.717, 1.165) is 25.7 Å². The zero-order valence-electron chi connectivity index (χ0n) is 11.6. The molecule has 0 aromatic heterocycles. The zero-order chi connectivity index (χ0) is 14.8. The van der Waals surface area contributed by atoms with E-state index < -0.39 is 21.9 Å². The van der Waals surface area contributed by atoms with E-state index in [1.165, 1.54) is 0 Å². The Hall–Kier alpha value is -0.690. The van der Waals surface area contributed by atoms with Crippen LogP contribution in [0.25, 0.3) is 0 Å². The first-order valence-corrected chi connectivity index (χ1v) is 8.83. The highest BCUT2D eigenvalue weighted by Crippen LogP contribution is 2.30. The molecule has 2 aliphatic rings. The van der Waals surface area contributed by atoms with Gasteiger partial charge in [0.15, 0.2) is 0 Å². The Morgan fingerprint density at radius 2 is 1.95 bits per heavy atom. The number of likely N-dealkylation sites (tertiary alicyclic amines) is 1. The van der Waals surface area contributed by atoms with Gasteiger partial charge in [0.05, 0.1) is 5.75 Å². The number of rotatable bonds is 5. The molecule has 20 heavy (non-hydrogen) atoms. The normalized spacial score (nSPS) is 31.8. The number of halogens is 1. The fourth-order valence-electron chi connectivity index (χ4n) is 3.52. The summed E-state index contributed by atoms with van der Waals surface area (Å²) in [5.74, 6) is 0.00101. The van der Waals surface area contributed by atoms with Crippen molar-refractivity contribution in [3.63, 3.8) is 0 Å². The predicted octanol–water partition coefficient (Wildman–Crippen LogP) is 0.899. The Balaban J connectivity index is 1.85. The molecular weight excluding hydrogens is 283 g/mol. The van der Waals surface area contributed by atoms with Crippen molar-refractivity contribution in [2.24, 2.45) is 23.5 Å². The SMILES string of the molecule is NC[C@@H]1CCC[C@H](CN2CC(CS(=O)(=O)F)CC2=O)C1. The van der Waals surface area contributed by atoms with E-state index in [9.17, 15) is 17.1 Å². The molecular formula is C13H23FN2O3S. The fraction of sp³-hybridized carbons (Fsp3) is 0.923. The van der Waals surface area contributed by atoms with Crippen molar-refractivity contribution >= 4 is 16.1 Å². The van der Waals surface area contributed by atoms with Crippen LogP contribution in [0.4, 0.5) is 3.89 Å². The Morgan fingerprint density at radius 3 is 2.60 bits per heavy atom. The molecule has 3 atom stereocenters. The van der Waals surface area contributed by atoms with Gasteiger partial charge in [-0.2, -0.15) is 8.42 Å². The van der Waals surface area contributed by atoms with Crippen LogP contribution in [0.2, 0.25) is 0 Å². The molecule has 1 unspecified atom stereocenters. The summed E-state index contributed by atoms with van der Waals surface area (Å²) < 4.78 is 34.0. The van der Waals surface area contributed by atoms with E-state index in [-0.39, 0.29) is 12.3 Å². The average molecular weight is 306 g/mol. The van der Waals surface area contributed by atoms with Gasteiger partial charge in [0.1, 0.15) is 0 Å². The lowest BCUT2D eigenvalue weighted by Crippen LogP contribution is -2.34. The number of hydrogen-bond acceptors (Lipinski definition) is 4. The topological polar surface area (TPSA) is 80.5 Å². The van der Waals surface area contributed by atoms with Gasteiger partial charge in [0, 0.05) is 25.4 Å². The van der Waals surface area contributed by atoms with E-state index >= 15 is 0 Å². The molecule has 1 heterocycles. The third-order valence-electron chi connectivity index (χ3n) is 4.43. The Bertz CT molecular complexity index is 455. The van der Waals surface area contributed by atoms with Gasteiger partial charge in [0.2, 0.25) is 5.91 Å². The quantitative estimate of drug-likeness (QED) is 0.765. The molecule has 1 aliphatic carbocycles. The predicted molar refractivity (Wildman–Crippen MR) is 74.1 cm³/mol. The molecule has 1 amide bonds. The second-order valence-corrected chi connectivity index (χ2v) is 7.62. The number of hydrogen-bond donors (Lipinski definition) is 1. The van der Waals surface area contributed by atoms with E-state index in [1.54, 1.807) is 4.90 Å². The van der Waals surface area contributed by atoms with Crippen LogP contribution in [0.15, 0.2) is 0 Å². The Kier molecular flexibility index (Phi) is 5.01. The van der Waals surface area contributed by atoms with Crippen LogP contribution in [0.3, 0.4) is 0 Å². The van der Waals surface area contributed by atoms with Crippen molar-refractivity contribution < 1.29 is 17.1 Å².